The molecule has 1 amide bonds. The number of carbonyl (C=O) groups excluding carboxylic acids is 2. The highest BCUT2D eigenvalue weighted by atomic mass is 16.3. The summed E-state index contributed by atoms with van der Waals surface area (Å²) in [5, 5.41) is 2.85. The van der Waals surface area contributed by atoms with Crippen LogP contribution in [0.3, 0.4) is 0 Å². The van der Waals surface area contributed by atoms with Gasteiger partial charge in [0, 0.05) is 31.1 Å². The molecule has 0 spiro atoms. The molecule has 5 nitrogen and oxygen atoms in total. The third kappa shape index (κ3) is 4.89. The predicted octanol–water partition coefficient (Wildman–Crippen LogP) is 4.01. The van der Waals surface area contributed by atoms with Gasteiger partial charge in [-0.15, -0.1) is 0 Å². The first-order valence-electron chi connectivity index (χ1n) is 8.56. The van der Waals surface area contributed by atoms with E-state index in [0.29, 0.717) is 37.1 Å². The number of furan rings is 1. The molecule has 0 aliphatic carbocycles. The topological polar surface area (TPSA) is 72.2 Å². The van der Waals surface area contributed by atoms with Gasteiger partial charge in [0.1, 0.15) is 5.69 Å². The second-order valence-corrected chi connectivity index (χ2v) is 5.95. The molecule has 3 aromatic rings. The summed E-state index contributed by atoms with van der Waals surface area (Å²) in [5.74, 6) is 0.709. The molecule has 0 unspecified atom stereocenters. The van der Waals surface area contributed by atoms with Crippen molar-refractivity contribution in [2.24, 2.45) is 0 Å². The maximum absolute atomic E-state index is 12.0. The Labute approximate surface area is 152 Å². The van der Waals surface area contributed by atoms with E-state index in [0.717, 1.165) is 11.3 Å². The molecule has 0 saturated carbocycles. The summed E-state index contributed by atoms with van der Waals surface area (Å²) in [7, 11) is 0. The van der Waals surface area contributed by atoms with Crippen molar-refractivity contribution < 1.29 is 14.0 Å². The minimum atomic E-state index is -0.0685. The van der Waals surface area contributed by atoms with Crippen LogP contribution in [0.15, 0.2) is 71.5 Å². The number of benzene rings is 1. The Morgan fingerprint density at radius 1 is 0.962 bits per heavy atom. The molecule has 3 rings (SSSR count). The molecular weight excluding hydrogens is 328 g/mol. The average molecular weight is 348 g/mol. The van der Waals surface area contributed by atoms with Crippen LogP contribution in [0.25, 0.3) is 11.5 Å². The number of rotatable bonds is 8. The quantitative estimate of drug-likeness (QED) is 0.624. The summed E-state index contributed by atoms with van der Waals surface area (Å²) in [6.45, 7) is 0.414. The van der Waals surface area contributed by atoms with Gasteiger partial charge in [-0.05, 0) is 30.2 Å². The lowest BCUT2D eigenvalue weighted by molar-refractivity contribution is -0.121. The van der Waals surface area contributed by atoms with Gasteiger partial charge in [0.2, 0.25) is 5.91 Å². The Balaban J connectivity index is 1.39. The molecule has 0 atom stereocenters. The number of hydrogen-bond donors (Lipinski definition) is 1. The van der Waals surface area contributed by atoms with Gasteiger partial charge in [0.25, 0.3) is 0 Å². The summed E-state index contributed by atoms with van der Waals surface area (Å²) < 4.78 is 5.29. The van der Waals surface area contributed by atoms with Crippen molar-refractivity contribution in [3.05, 3.63) is 78.2 Å². The van der Waals surface area contributed by atoms with Crippen molar-refractivity contribution in [1.82, 2.24) is 10.3 Å². The number of ketones is 1. The van der Waals surface area contributed by atoms with Gasteiger partial charge in [-0.1, -0.05) is 36.4 Å². The largest absolute Gasteiger partial charge is 0.463 e. The van der Waals surface area contributed by atoms with Crippen LogP contribution in [-0.4, -0.2) is 16.7 Å². The van der Waals surface area contributed by atoms with Gasteiger partial charge < -0.3 is 9.73 Å². The highest BCUT2D eigenvalue weighted by Gasteiger charge is 2.08. The number of carbonyl (C=O) groups is 2. The van der Waals surface area contributed by atoms with Gasteiger partial charge in [-0.2, -0.15) is 0 Å². The molecule has 5 heteroatoms. The third-order valence-corrected chi connectivity index (χ3v) is 3.99. The zero-order valence-electron chi connectivity index (χ0n) is 14.4. The molecular formula is C21H20N2O3. The number of pyridine rings is 1. The minimum absolute atomic E-state index is 0.0658. The van der Waals surface area contributed by atoms with Gasteiger partial charge in [0.15, 0.2) is 11.5 Å². The molecule has 2 aromatic heterocycles. The highest BCUT2D eigenvalue weighted by Crippen LogP contribution is 2.17. The normalized spacial score (nSPS) is 10.5. The van der Waals surface area contributed by atoms with E-state index in [1.807, 2.05) is 42.5 Å². The molecule has 0 saturated heterocycles. The summed E-state index contributed by atoms with van der Waals surface area (Å²) in [4.78, 5) is 28.2. The lowest BCUT2D eigenvalue weighted by atomic mass is 10.1. The Bertz CT molecular complexity index is 841. The van der Waals surface area contributed by atoms with E-state index in [-0.39, 0.29) is 11.7 Å². The van der Waals surface area contributed by atoms with E-state index in [9.17, 15) is 9.59 Å². The first-order valence-corrected chi connectivity index (χ1v) is 8.56. The van der Waals surface area contributed by atoms with Crippen molar-refractivity contribution in [2.75, 3.05) is 0 Å². The number of amides is 1. The smallest absolute Gasteiger partial charge is 0.220 e. The van der Waals surface area contributed by atoms with Crippen molar-refractivity contribution in [1.29, 1.82) is 0 Å². The predicted molar refractivity (Wildman–Crippen MR) is 98.4 cm³/mol. The molecule has 0 aliphatic rings. The van der Waals surface area contributed by atoms with Crippen LogP contribution >= 0.6 is 0 Å². The van der Waals surface area contributed by atoms with Crippen molar-refractivity contribution in [3.63, 3.8) is 0 Å². The maximum atomic E-state index is 12.0. The summed E-state index contributed by atoms with van der Waals surface area (Å²) >= 11 is 0. The lowest BCUT2D eigenvalue weighted by Gasteiger charge is -2.06. The van der Waals surface area contributed by atoms with Crippen LogP contribution in [0.4, 0.5) is 0 Å². The Morgan fingerprint density at radius 2 is 1.81 bits per heavy atom. The van der Waals surface area contributed by atoms with Gasteiger partial charge in [0.05, 0.1) is 6.26 Å². The fourth-order valence-electron chi connectivity index (χ4n) is 2.57. The lowest BCUT2D eigenvalue weighted by Crippen LogP contribution is -2.22. The first-order chi connectivity index (χ1) is 12.7. The molecule has 0 aliphatic heterocycles. The summed E-state index contributed by atoms with van der Waals surface area (Å²) in [5.41, 5.74) is 2.36. The van der Waals surface area contributed by atoms with Crippen LogP contribution in [0.5, 0.6) is 0 Å². The molecule has 0 radical (unpaired) electrons. The fraction of sp³-hybridized carbons (Fsp3) is 0.190. The van der Waals surface area contributed by atoms with Crippen molar-refractivity contribution >= 4 is 11.7 Å². The van der Waals surface area contributed by atoms with E-state index < -0.39 is 0 Å². The van der Waals surface area contributed by atoms with E-state index in [4.69, 9.17) is 4.42 Å². The van der Waals surface area contributed by atoms with Crippen molar-refractivity contribution in [2.45, 2.75) is 25.8 Å². The number of nitrogens with zero attached hydrogens (tertiary/aromatic N) is 1. The molecule has 132 valence electrons. The van der Waals surface area contributed by atoms with Gasteiger partial charge >= 0.3 is 0 Å². The Hall–Kier alpha value is -3.21. The van der Waals surface area contributed by atoms with E-state index in [1.54, 1.807) is 24.6 Å². The molecule has 0 fully saturated rings. The molecule has 1 N–H and O–H groups in total. The van der Waals surface area contributed by atoms with Crippen LogP contribution < -0.4 is 5.32 Å². The van der Waals surface area contributed by atoms with E-state index >= 15 is 0 Å². The highest BCUT2D eigenvalue weighted by molar-refractivity contribution is 5.96. The van der Waals surface area contributed by atoms with Crippen LogP contribution in [0.2, 0.25) is 0 Å². The van der Waals surface area contributed by atoms with Crippen LogP contribution in [0, 0.1) is 0 Å². The SMILES string of the molecule is O=C(CCCC(=O)c1ccccc1)NCc1ccc(-c2ccco2)nc1. The summed E-state index contributed by atoms with van der Waals surface area (Å²) in [6.07, 6.45) is 4.56. The number of nitrogens with one attached hydrogen (secondary N) is 1. The second kappa shape index (κ2) is 8.76. The van der Waals surface area contributed by atoms with Gasteiger partial charge in [-0.3, -0.25) is 14.6 Å². The zero-order valence-corrected chi connectivity index (χ0v) is 14.4. The third-order valence-electron chi connectivity index (χ3n) is 3.99. The second-order valence-electron chi connectivity index (χ2n) is 5.95. The zero-order chi connectivity index (χ0) is 18.2. The molecule has 0 bridgehead atoms. The Morgan fingerprint density at radius 3 is 2.50 bits per heavy atom. The van der Waals surface area contributed by atoms with Crippen LogP contribution in [0.1, 0.15) is 35.2 Å². The monoisotopic (exact) mass is 348 g/mol. The molecule has 1 aromatic carbocycles. The summed E-state index contributed by atoms with van der Waals surface area (Å²) in [6, 6.07) is 16.6. The number of hydrogen-bond acceptors (Lipinski definition) is 4. The van der Waals surface area contributed by atoms with Gasteiger partial charge in [-0.25, -0.2) is 0 Å². The molecule has 26 heavy (non-hydrogen) atoms. The fourth-order valence-corrected chi connectivity index (χ4v) is 2.57. The minimum Gasteiger partial charge on any atom is -0.463 e. The van der Waals surface area contributed by atoms with Crippen molar-refractivity contribution in [3.8, 4) is 11.5 Å². The first kappa shape index (κ1) is 17.6. The number of Topliss-reactive ketones (excluding diaryl/α,β-unsaturated/α-hetero) is 1. The van der Waals surface area contributed by atoms with E-state index in [1.165, 1.54) is 0 Å². The van der Waals surface area contributed by atoms with Crippen LogP contribution in [-0.2, 0) is 11.3 Å². The Kier molecular flexibility index (Phi) is 5.93. The average Bonchev–Trinajstić information content (AvgIpc) is 3.22. The number of aromatic nitrogens is 1. The van der Waals surface area contributed by atoms with E-state index in [2.05, 4.69) is 10.3 Å². The standard InChI is InChI=1S/C21H20N2O3/c24-19(17-6-2-1-3-7-17)8-4-10-21(25)23-15-16-11-12-18(22-14-16)20-9-5-13-26-20/h1-3,5-7,9,11-14H,4,8,10,15H2,(H,23,25). The maximum Gasteiger partial charge on any atom is 0.220 e. The molecule has 2 heterocycles.